The maximum Gasteiger partial charge on any atom is 0.311 e. The van der Waals surface area contributed by atoms with Crippen LogP contribution in [0.15, 0.2) is 18.2 Å². The highest BCUT2D eigenvalue weighted by molar-refractivity contribution is 5.58. The molecule has 2 rings (SSSR count). The number of benzene rings is 1. The van der Waals surface area contributed by atoms with E-state index in [1.54, 1.807) is 12.1 Å². The molecule has 0 heterocycles. The second-order valence-corrected chi connectivity index (χ2v) is 5.59. The van der Waals surface area contributed by atoms with Crippen molar-refractivity contribution in [2.24, 2.45) is 0 Å². The molecule has 1 aliphatic carbocycles. The molecule has 0 saturated heterocycles. The van der Waals surface area contributed by atoms with E-state index in [1.165, 1.54) is 25.3 Å². The number of ether oxygens (including phenoxy) is 1. The van der Waals surface area contributed by atoms with E-state index in [0.717, 1.165) is 18.5 Å². The third-order valence-corrected chi connectivity index (χ3v) is 3.50. The third-order valence-electron chi connectivity index (χ3n) is 3.50. The molecule has 5 nitrogen and oxygen atoms in total. The highest BCUT2D eigenvalue weighted by atomic mass is 16.6. The number of anilines is 1. The van der Waals surface area contributed by atoms with E-state index in [0.29, 0.717) is 11.8 Å². The van der Waals surface area contributed by atoms with Gasteiger partial charge in [0.1, 0.15) is 0 Å². The molecule has 1 aromatic rings. The van der Waals surface area contributed by atoms with Crippen molar-refractivity contribution >= 4 is 11.4 Å². The van der Waals surface area contributed by atoms with Gasteiger partial charge in [-0.05, 0) is 32.8 Å². The first-order chi connectivity index (χ1) is 9.56. The van der Waals surface area contributed by atoms with Crippen molar-refractivity contribution in [1.29, 1.82) is 0 Å². The molecule has 0 radical (unpaired) electrons. The van der Waals surface area contributed by atoms with E-state index < -0.39 is 4.92 Å². The van der Waals surface area contributed by atoms with Crippen LogP contribution in [0, 0.1) is 10.1 Å². The van der Waals surface area contributed by atoms with Gasteiger partial charge in [0.2, 0.25) is 0 Å². The molecule has 0 aliphatic heterocycles. The lowest BCUT2D eigenvalue weighted by Crippen LogP contribution is -2.22. The summed E-state index contributed by atoms with van der Waals surface area (Å²) in [4.78, 5) is 10.6. The molecule has 0 aromatic heterocycles. The second kappa shape index (κ2) is 6.59. The van der Waals surface area contributed by atoms with Crippen LogP contribution >= 0.6 is 0 Å². The maximum absolute atomic E-state index is 11.0. The minimum atomic E-state index is -0.401. The molecule has 1 N–H and O–H groups in total. The van der Waals surface area contributed by atoms with Crippen LogP contribution in [0.5, 0.6) is 5.75 Å². The predicted molar refractivity (Wildman–Crippen MR) is 79.4 cm³/mol. The van der Waals surface area contributed by atoms with Crippen molar-refractivity contribution in [3.05, 3.63) is 28.3 Å². The topological polar surface area (TPSA) is 64.4 Å². The molecule has 0 amide bonds. The van der Waals surface area contributed by atoms with E-state index in [9.17, 15) is 10.1 Å². The molecule has 0 spiro atoms. The van der Waals surface area contributed by atoms with Gasteiger partial charge in [-0.1, -0.05) is 19.3 Å². The number of nitrogens with one attached hydrogen (secondary N) is 1. The first-order valence-corrected chi connectivity index (χ1v) is 7.28. The lowest BCUT2D eigenvalue weighted by molar-refractivity contribution is -0.386. The van der Waals surface area contributed by atoms with Crippen molar-refractivity contribution in [1.82, 2.24) is 0 Å². The largest absolute Gasteiger partial charge is 0.484 e. The Kier molecular flexibility index (Phi) is 4.82. The minimum absolute atomic E-state index is 0.0212. The predicted octanol–water partition coefficient (Wildman–Crippen LogP) is 4.13. The summed E-state index contributed by atoms with van der Waals surface area (Å²) >= 11 is 0. The summed E-state index contributed by atoms with van der Waals surface area (Å²) in [6, 6.07) is 5.49. The Morgan fingerprint density at radius 2 is 2.00 bits per heavy atom. The Bertz CT molecular complexity index is 468. The van der Waals surface area contributed by atoms with Crippen molar-refractivity contribution in [2.45, 2.75) is 58.1 Å². The minimum Gasteiger partial charge on any atom is -0.484 e. The van der Waals surface area contributed by atoms with Crippen LogP contribution in [0.1, 0.15) is 46.0 Å². The zero-order valence-corrected chi connectivity index (χ0v) is 12.1. The molecule has 1 saturated carbocycles. The van der Waals surface area contributed by atoms with E-state index in [4.69, 9.17) is 4.74 Å². The van der Waals surface area contributed by atoms with Gasteiger partial charge >= 0.3 is 5.69 Å². The average Bonchev–Trinajstić information content (AvgIpc) is 2.39. The quantitative estimate of drug-likeness (QED) is 0.649. The number of nitro groups is 1. The van der Waals surface area contributed by atoms with Gasteiger partial charge in [0.25, 0.3) is 0 Å². The summed E-state index contributed by atoms with van der Waals surface area (Å²) in [6.07, 6.45) is 6.05. The van der Waals surface area contributed by atoms with E-state index >= 15 is 0 Å². The number of rotatable bonds is 5. The Morgan fingerprint density at radius 1 is 1.30 bits per heavy atom. The molecule has 110 valence electrons. The first-order valence-electron chi connectivity index (χ1n) is 7.28. The number of nitro benzene ring substituents is 1. The van der Waals surface area contributed by atoms with Gasteiger partial charge in [-0.25, -0.2) is 0 Å². The molecule has 5 heteroatoms. The normalized spacial score (nSPS) is 16.1. The van der Waals surface area contributed by atoms with E-state index in [1.807, 2.05) is 13.8 Å². The summed E-state index contributed by atoms with van der Waals surface area (Å²) < 4.78 is 5.55. The zero-order chi connectivity index (χ0) is 14.5. The first kappa shape index (κ1) is 14.6. The van der Waals surface area contributed by atoms with Crippen molar-refractivity contribution < 1.29 is 9.66 Å². The molecular weight excluding hydrogens is 256 g/mol. The summed E-state index contributed by atoms with van der Waals surface area (Å²) in [5.41, 5.74) is 0.922. The highest BCUT2D eigenvalue weighted by Gasteiger charge is 2.18. The lowest BCUT2D eigenvalue weighted by Gasteiger charge is -2.24. The summed E-state index contributed by atoms with van der Waals surface area (Å²) in [5, 5.41) is 14.5. The SMILES string of the molecule is CC(C)Oc1cc(NC2CCCCC2)ccc1[N+](=O)[O-]. The van der Waals surface area contributed by atoms with Gasteiger partial charge in [-0.3, -0.25) is 10.1 Å². The molecule has 0 bridgehead atoms. The fourth-order valence-corrected chi connectivity index (χ4v) is 2.59. The van der Waals surface area contributed by atoms with Crippen LogP contribution in [0.2, 0.25) is 0 Å². The van der Waals surface area contributed by atoms with Crippen molar-refractivity contribution in [3.8, 4) is 5.75 Å². The fourth-order valence-electron chi connectivity index (χ4n) is 2.59. The molecule has 1 aliphatic rings. The van der Waals surface area contributed by atoms with Gasteiger partial charge in [0.05, 0.1) is 11.0 Å². The molecule has 0 atom stereocenters. The van der Waals surface area contributed by atoms with Crippen LogP contribution < -0.4 is 10.1 Å². The van der Waals surface area contributed by atoms with Crippen LogP contribution in [0.3, 0.4) is 0 Å². The van der Waals surface area contributed by atoms with Crippen LogP contribution in [0.4, 0.5) is 11.4 Å². The molecule has 0 unspecified atom stereocenters. The second-order valence-electron chi connectivity index (χ2n) is 5.59. The Hall–Kier alpha value is -1.78. The van der Waals surface area contributed by atoms with E-state index in [-0.39, 0.29) is 11.8 Å². The summed E-state index contributed by atoms with van der Waals surface area (Å²) in [6.45, 7) is 3.73. The molecular formula is C15H22N2O3. The molecule has 1 aromatic carbocycles. The van der Waals surface area contributed by atoms with Gasteiger partial charge in [-0.15, -0.1) is 0 Å². The zero-order valence-electron chi connectivity index (χ0n) is 12.1. The van der Waals surface area contributed by atoms with Crippen molar-refractivity contribution in [3.63, 3.8) is 0 Å². The smallest absolute Gasteiger partial charge is 0.311 e. The van der Waals surface area contributed by atoms with Crippen molar-refractivity contribution in [2.75, 3.05) is 5.32 Å². The van der Waals surface area contributed by atoms with Gasteiger partial charge in [-0.2, -0.15) is 0 Å². The van der Waals surface area contributed by atoms with Crippen LogP contribution in [0.25, 0.3) is 0 Å². The summed E-state index contributed by atoms with van der Waals surface area (Å²) in [7, 11) is 0. The Labute approximate surface area is 119 Å². The standard InChI is InChI=1S/C15H22N2O3/c1-11(2)20-15-10-13(8-9-14(15)17(18)19)16-12-6-4-3-5-7-12/h8-12,16H,3-7H2,1-2H3. The van der Waals surface area contributed by atoms with E-state index in [2.05, 4.69) is 5.32 Å². The number of hydrogen-bond acceptors (Lipinski definition) is 4. The molecule has 20 heavy (non-hydrogen) atoms. The lowest BCUT2D eigenvalue weighted by atomic mass is 9.95. The third kappa shape index (κ3) is 3.85. The van der Waals surface area contributed by atoms with Gasteiger partial charge in [0, 0.05) is 23.9 Å². The Balaban J connectivity index is 2.15. The van der Waals surface area contributed by atoms with Gasteiger partial charge in [0.15, 0.2) is 5.75 Å². The fraction of sp³-hybridized carbons (Fsp3) is 0.600. The van der Waals surface area contributed by atoms with Gasteiger partial charge < -0.3 is 10.1 Å². The monoisotopic (exact) mass is 278 g/mol. The maximum atomic E-state index is 11.0. The number of nitrogens with zero attached hydrogens (tertiary/aromatic N) is 1. The van der Waals surface area contributed by atoms with Crippen LogP contribution in [-0.4, -0.2) is 17.1 Å². The summed E-state index contributed by atoms with van der Waals surface area (Å²) in [5.74, 6) is 0.339. The Morgan fingerprint density at radius 3 is 2.60 bits per heavy atom. The average molecular weight is 278 g/mol. The molecule has 1 fully saturated rings. The number of hydrogen-bond donors (Lipinski definition) is 1. The highest BCUT2D eigenvalue weighted by Crippen LogP contribution is 2.32. The van der Waals surface area contributed by atoms with Crippen LogP contribution in [-0.2, 0) is 0 Å².